The molecule has 0 fully saturated rings. The van der Waals surface area contributed by atoms with Gasteiger partial charge in [-0.2, -0.15) is 0 Å². The molecule has 12 heteroatoms. The molecule has 11 nitrogen and oxygen atoms in total. The Labute approximate surface area is 188 Å². The van der Waals surface area contributed by atoms with Crippen molar-refractivity contribution in [3.05, 3.63) is 40.4 Å². The van der Waals surface area contributed by atoms with Crippen molar-refractivity contribution in [1.29, 1.82) is 0 Å². The van der Waals surface area contributed by atoms with Gasteiger partial charge < -0.3 is 31.8 Å². The molecule has 0 radical (unpaired) electrons. The number of imidazole rings is 1. The van der Waals surface area contributed by atoms with E-state index in [1.807, 2.05) is 16.1 Å². The number of anilines is 2. The van der Waals surface area contributed by atoms with E-state index < -0.39 is 18.0 Å². The second-order valence-electron chi connectivity index (χ2n) is 7.31. The number of hydrogen-bond acceptors (Lipinski definition) is 8. The minimum absolute atomic E-state index is 0.0750. The molecular weight excluding hydrogens is 438 g/mol. The van der Waals surface area contributed by atoms with Crippen molar-refractivity contribution in [2.24, 2.45) is 0 Å². The largest absolute Gasteiger partial charge is 0.550 e. The van der Waals surface area contributed by atoms with Crippen molar-refractivity contribution in [2.45, 2.75) is 46.0 Å². The first-order valence-electron chi connectivity index (χ1n) is 9.90. The fourth-order valence-corrected chi connectivity index (χ4v) is 3.70. The molecule has 0 unspecified atom stereocenters. The summed E-state index contributed by atoms with van der Waals surface area (Å²) in [4.78, 5) is 31.4. The molecule has 3 aromatic rings. The van der Waals surface area contributed by atoms with Crippen LogP contribution >= 0.6 is 11.6 Å². The van der Waals surface area contributed by atoms with Crippen molar-refractivity contribution in [3.8, 4) is 0 Å². The lowest BCUT2D eigenvalue weighted by molar-refractivity contribution is -0.676. The maximum atomic E-state index is 12.7. The molecule has 1 amide bonds. The number of carbonyl (C=O) groups excluding carboxylic acids is 2. The lowest BCUT2D eigenvalue weighted by Crippen LogP contribution is -2.41. The summed E-state index contributed by atoms with van der Waals surface area (Å²) in [5.41, 5.74) is 13.3. The van der Waals surface area contributed by atoms with Gasteiger partial charge in [-0.25, -0.2) is 19.1 Å². The Morgan fingerprint density at radius 1 is 1.31 bits per heavy atom. The molecule has 0 aliphatic heterocycles. The molecule has 2 heterocycles. The van der Waals surface area contributed by atoms with Gasteiger partial charge in [0.1, 0.15) is 13.1 Å². The van der Waals surface area contributed by atoms with E-state index in [2.05, 4.69) is 15.3 Å². The number of nitrogens with one attached hydrogen (secondary N) is 1. The zero-order valence-electron chi connectivity index (χ0n) is 17.6. The number of aromatic nitrogens is 4. The number of carboxylic acids is 1. The maximum absolute atomic E-state index is 12.7. The number of hydrogen-bond donors (Lipinski definition) is 4. The van der Waals surface area contributed by atoms with Gasteiger partial charge in [0.2, 0.25) is 0 Å². The smallest absolute Gasteiger partial charge is 0.277 e. The highest BCUT2D eigenvalue weighted by Crippen LogP contribution is 2.20. The first-order chi connectivity index (χ1) is 15.1. The Morgan fingerprint density at radius 2 is 2.03 bits per heavy atom. The van der Waals surface area contributed by atoms with Crippen molar-refractivity contribution in [3.63, 3.8) is 0 Å². The molecule has 6 N–H and O–H groups in total. The van der Waals surface area contributed by atoms with Gasteiger partial charge in [-0.15, -0.1) is 0 Å². The minimum atomic E-state index is -1.18. The molecule has 1 aromatic carbocycles. The summed E-state index contributed by atoms with van der Waals surface area (Å²) in [7, 11) is 0. The number of aryl methyl sites for hydroxylation is 1. The van der Waals surface area contributed by atoms with Gasteiger partial charge in [-0.3, -0.25) is 4.79 Å². The fourth-order valence-electron chi connectivity index (χ4n) is 3.58. The average Bonchev–Trinajstić information content (AvgIpc) is 2.99. The Morgan fingerprint density at radius 3 is 2.66 bits per heavy atom. The summed E-state index contributed by atoms with van der Waals surface area (Å²) in [6.45, 7) is 4.46. The van der Waals surface area contributed by atoms with Crippen LogP contribution in [-0.4, -0.2) is 37.6 Å². The molecule has 0 bridgehead atoms. The zero-order valence-corrected chi connectivity index (χ0v) is 18.4. The SMILES string of the molecule is CC[n+]1c(CNC(=O)c2nc(Cl)c(N)nc2N)n(C[C@H](C)O)c2ccc(CC(=O)[O-])cc21. The first-order valence-corrected chi connectivity index (χ1v) is 10.3. The third-order valence-corrected chi connectivity index (χ3v) is 5.16. The Hall–Kier alpha value is -3.44. The summed E-state index contributed by atoms with van der Waals surface area (Å²) >= 11 is 5.87. The lowest BCUT2D eigenvalue weighted by Gasteiger charge is -2.09. The summed E-state index contributed by atoms with van der Waals surface area (Å²) < 4.78 is 3.80. The number of halogens is 1. The van der Waals surface area contributed by atoms with Crippen LogP contribution in [0.25, 0.3) is 11.0 Å². The van der Waals surface area contributed by atoms with Crippen LogP contribution in [-0.2, 0) is 30.8 Å². The predicted octanol–water partition coefficient (Wildman–Crippen LogP) is -0.840. The number of benzene rings is 1. The molecule has 32 heavy (non-hydrogen) atoms. The minimum Gasteiger partial charge on any atom is -0.550 e. The van der Waals surface area contributed by atoms with Crippen LogP contribution in [0, 0.1) is 0 Å². The number of nitrogen functional groups attached to an aromatic ring is 2. The number of aliphatic hydroxyl groups excluding tert-OH is 1. The number of rotatable bonds is 8. The molecule has 0 aliphatic rings. The monoisotopic (exact) mass is 461 g/mol. The number of nitrogens with two attached hydrogens (primary N) is 2. The summed E-state index contributed by atoms with van der Waals surface area (Å²) in [6, 6.07) is 5.25. The fraction of sp³-hybridized carbons (Fsp3) is 0.350. The van der Waals surface area contributed by atoms with E-state index in [0.29, 0.717) is 17.9 Å². The highest BCUT2D eigenvalue weighted by atomic mass is 35.5. The van der Waals surface area contributed by atoms with Crippen molar-refractivity contribution in [1.82, 2.24) is 19.9 Å². The van der Waals surface area contributed by atoms with Gasteiger partial charge in [0.05, 0.1) is 12.6 Å². The third-order valence-electron chi connectivity index (χ3n) is 4.88. The summed E-state index contributed by atoms with van der Waals surface area (Å²) in [6.07, 6.45) is -0.881. The number of carbonyl (C=O) groups is 2. The van der Waals surface area contributed by atoms with Crippen LogP contribution in [0.3, 0.4) is 0 Å². The molecular formula is C20H24ClN7O4. The van der Waals surface area contributed by atoms with E-state index in [9.17, 15) is 19.8 Å². The van der Waals surface area contributed by atoms with Gasteiger partial charge in [0.15, 0.2) is 33.5 Å². The number of carboxylic acid groups (broad SMARTS) is 1. The maximum Gasteiger partial charge on any atom is 0.277 e. The Kier molecular flexibility index (Phi) is 6.80. The van der Waals surface area contributed by atoms with Gasteiger partial charge in [-0.1, -0.05) is 17.7 Å². The zero-order chi connectivity index (χ0) is 23.6. The standard InChI is InChI=1S/C20H24ClN7O4/c1-3-27-13-6-11(7-15(30)31)4-5-12(13)28(9-10(2)29)14(27)8-24-20(32)16-18(22)26-19(23)17(21)25-16/h4-6,10,29H,3,7-9H2,1-2H3,(H5-,22,23,24,26,30,31,32)/t10-/m0/s1. The van der Waals surface area contributed by atoms with Gasteiger partial charge in [-0.05, 0) is 31.5 Å². The molecule has 3 rings (SSSR count). The Balaban J connectivity index is 2.01. The third kappa shape index (κ3) is 4.73. The van der Waals surface area contributed by atoms with E-state index in [1.54, 1.807) is 25.1 Å². The van der Waals surface area contributed by atoms with Crippen LogP contribution in [0.5, 0.6) is 0 Å². The topological polar surface area (TPSA) is 176 Å². The quantitative estimate of drug-likeness (QED) is 0.314. The molecule has 0 saturated carbocycles. The molecule has 170 valence electrons. The molecule has 0 spiro atoms. The highest BCUT2D eigenvalue weighted by molar-refractivity contribution is 6.31. The van der Waals surface area contributed by atoms with Crippen molar-refractivity contribution < 1.29 is 24.4 Å². The van der Waals surface area contributed by atoms with Crippen LogP contribution < -0.4 is 26.5 Å². The number of nitrogens with zero attached hydrogens (tertiary/aromatic N) is 4. The highest BCUT2D eigenvalue weighted by Gasteiger charge is 2.26. The molecule has 0 aliphatic carbocycles. The first kappa shape index (κ1) is 23.2. The number of aliphatic hydroxyl groups is 1. The summed E-state index contributed by atoms with van der Waals surface area (Å²) in [5.74, 6) is -1.30. The normalized spacial score (nSPS) is 12.1. The van der Waals surface area contributed by atoms with Crippen molar-refractivity contribution in [2.75, 3.05) is 11.5 Å². The van der Waals surface area contributed by atoms with E-state index in [4.69, 9.17) is 23.1 Å². The van der Waals surface area contributed by atoms with Gasteiger partial charge in [0.25, 0.3) is 11.7 Å². The van der Waals surface area contributed by atoms with Gasteiger partial charge >= 0.3 is 0 Å². The summed E-state index contributed by atoms with van der Waals surface area (Å²) in [5, 5.41) is 23.7. The Bertz CT molecular complexity index is 1190. The average molecular weight is 462 g/mol. The molecule has 0 saturated heterocycles. The van der Waals surface area contributed by atoms with E-state index in [-0.39, 0.29) is 42.0 Å². The predicted molar refractivity (Wildman–Crippen MR) is 115 cm³/mol. The second-order valence-corrected chi connectivity index (χ2v) is 7.67. The number of amides is 1. The van der Waals surface area contributed by atoms with Gasteiger partial charge in [0, 0.05) is 12.4 Å². The lowest BCUT2D eigenvalue weighted by atomic mass is 10.1. The van der Waals surface area contributed by atoms with Crippen LogP contribution in [0.15, 0.2) is 18.2 Å². The molecule has 1 atom stereocenters. The number of aliphatic carboxylic acids is 1. The molecule has 2 aromatic heterocycles. The van der Waals surface area contributed by atoms with E-state index >= 15 is 0 Å². The second kappa shape index (κ2) is 9.37. The van der Waals surface area contributed by atoms with E-state index in [1.165, 1.54) is 0 Å². The van der Waals surface area contributed by atoms with E-state index in [0.717, 1.165) is 11.0 Å². The van der Waals surface area contributed by atoms with Crippen LogP contribution in [0.4, 0.5) is 11.6 Å². The van der Waals surface area contributed by atoms with Crippen LogP contribution in [0.1, 0.15) is 35.7 Å². The van der Waals surface area contributed by atoms with Crippen LogP contribution in [0.2, 0.25) is 5.15 Å². The number of fused-ring (bicyclic) bond motifs is 1. The van der Waals surface area contributed by atoms with Crippen molar-refractivity contribution >= 4 is 46.1 Å².